The predicted molar refractivity (Wildman–Crippen MR) is 110 cm³/mol. The highest BCUT2D eigenvalue weighted by Gasteiger charge is 2.26. The largest absolute Gasteiger partial charge is 0.464 e. The molecule has 142 valence electrons. The van der Waals surface area contributed by atoms with Gasteiger partial charge in [0.25, 0.3) is 0 Å². The molecule has 1 aromatic carbocycles. The van der Waals surface area contributed by atoms with Gasteiger partial charge in [-0.1, -0.05) is 24.3 Å². The molecule has 4 rings (SSSR count). The van der Waals surface area contributed by atoms with E-state index in [1.54, 1.807) is 17.6 Å². The van der Waals surface area contributed by atoms with Crippen LogP contribution < -0.4 is 0 Å². The number of aliphatic hydroxyl groups excluding tert-OH is 1. The van der Waals surface area contributed by atoms with Crippen molar-refractivity contribution in [1.82, 2.24) is 9.80 Å². The third-order valence-corrected chi connectivity index (χ3v) is 6.01. The molecule has 3 heterocycles. The molecule has 0 spiro atoms. The quantitative estimate of drug-likeness (QED) is 0.668. The summed E-state index contributed by atoms with van der Waals surface area (Å²) < 4.78 is 5.47. The third-order valence-electron chi connectivity index (χ3n) is 5.28. The molecule has 27 heavy (non-hydrogen) atoms. The molecule has 4 nitrogen and oxygen atoms in total. The van der Waals surface area contributed by atoms with Gasteiger partial charge in [0.2, 0.25) is 0 Å². The molecule has 2 aromatic heterocycles. The maximum atomic E-state index is 9.51. The van der Waals surface area contributed by atoms with Crippen LogP contribution in [0.5, 0.6) is 0 Å². The van der Waals surface area contributed by atoms with Crippen molar-refractivity contribution in [2.75, 3.05) is 26.2 Å². The Labute approximate surface area is 164 Å². The highest BCUT2D eigenvalue weighted by molar-refractivity contribution is 7.07. The van der Waals surface area contributed by atoms with Gasteiger partial charge in [0, 0.05) is 50.9 Å². The van der Waals surface area contributed by atoms with E-state index in [-0.39, 0.29) is 6.61 Å². The van der Waals surface area contributed by atoms with Crippen molar-refractivity contribution in [2.45, 2.75) is 25.6 Å². The van der Waals surface area contributed by atoms with Crippen LogP contribution in [0.1, 0.15) is 17.5 Å². The maximum absolute atomic E-state index is 9.51. The fourth-order valence-electron chi connectivity index (χ4n) is 3.82. The summed E-state index contributed by atoms with van der Waals surface area (Å²) in [7, 11) is 0. The van der Waals surface area contributed by atoms with Crippen molar-refractivity contribution in [1.29, 1.82) is 0 Å². The summed E-state index contributed by atoms with van der Waals surface area (Å²) in [5.41, 5.74) is 3.81. The Hall–Kier alpha value is -1.92. The normalized spacial score (nSPS) is 18.8. The van der Waals surface area contributed by atoms with Gasteiger partial charge in [-0.2, -0.15) is 11.3 Å². The molecule has 1 fully saturated rings. The summed E-state index contributed by atoms with van der Waals surface area (Å²) >= 11 is 1.75. The van der Waals surface area contributed by atoms with Crippen LogP contribution in [0.15, 0.2) is 63.9 Å². The molecule has 0 unspecified atom stereocenters. The second-order valence-electron chi connectivity index (χ2n) is 7.18. The summed E-state index contributed by atoms with van der Waals surface area (Å²) in [6.07, 6.45) is 2.54. The SMILES string of the molecule is OCC[C@@H]1CN(Cc2ccc(-c3ccco3)cc2)CCN1Cc1ccsc1. The number of thiophene rings is 1. The fraction of sp³-hybridized carbons (Fsp3) is 0.364. The topological polar surface area (TPSA) is 39.9 Å². The summed E-state index contributed by atoms with van der Waals surface area (Å²) in [5.74, 6) is 0.909. The first-order chi connectivity index (χ1) is 13.3. The first kappa shape index (κ1) is 18.4. The lowest BCUT2D eigenvalue weighted by Gasteiger charge is -2.41. The van der Waals surface area contributed by atoms with E-state index in [9.17, 15) is 5.11 Å². The van der Waals surface area contributed by atoms with Gasteiger partial charge in [-0.25, -0.2) is 0 Å². The average Bonchev–Trinajstić information content (AvgIpc) is 3.39. The van der Waals surface area contributed by atoms with Crippen LogP contribution in [0, 0.1) is 0 Å². The highest BCUT2D eigenvalue weighted by atomic mass is 32.1. The first-order valence-electron chi connectivity index (χ1n) is 9.53. The van der Waals surface area contributed by atoms with Gasteiger partial charge in [-0.3, -0.25) is 9.80 Å². The average molecular weight is 383 g/mol. The van der Waals surface area contributed by atoms with Crippen LogP contribution in [0.4, 0.5) is 0 Å². The number of furan rings is 1. The summed E-state index contributed by atoms with van der Waals surface area (Å²) in [5, 5.41) is 13.9. The van der Waals surface area contributed by atoms with E-state index in [1.165, 1.54) is 11.1 Å². The van der Waals surface area contributed by atoms with Gasteiger partial charge in [0.15, 0.2) is 0 Å². The predicted octanol–water partition coefficient (Wildman–Crippen LogP) is 4.08. The van der Waals surface area contributed by atoms with E-state index >= 15 is 0 Å². The van der Waals surface area contributed by atoms with Crippen LogP contribution in [0.3, 0.4) is 0 Å². The van der Waals surface area contributed by atoms with Gasteiger partial charge in [0.1, 0.15) is 5.76 Å². The molecule has 0 aliphatic carbocycles. The lowest BCUT2D eigenvalue weighted by Crippen LogP contribution is -2.52. The van der Waals surface area contributed by atoms with Crippen LogP contribution in [-0.2, 0) is 13.1 Å². The monoisotopic (exact) mass is 382 g/mol. The number of benzene rings is 1. The molecule has 1 aliphatic heterocycles. The molecular weight excluding hydrogens is 356 g/mol. The lowest BCUT2D eigenvalue weighted by atomic mass is 10.1. The minimum Gasteiger partial charge on any atom is -0.464 e. The molecule has 3 aromatic rings. The molecule has 1 atom stereocenters. The number of hydrogen-bond acceptors (Lipinski definition) is 5. The zero-order valence-corrected chi connectivity index (χ0v) is 16.3. The zero-order chi connectivity index (χ0) is 18.5. The van der Waals surface area contributed by atoms with Crippen LogP contribution in [-0.4, -0.2) is 47.2 Å². The Kier molecular flexibility index (Phi) is 6.04. The second kappa shape index (κ2) is 8.85. The number of rotatable bonds is 7. The molecule has 1 saturated heterocycles. The molecule has 0 radical (unpaired) electrons. The Balaban J connectivity index is 1.37. The summed E-state index contributed by atoms with van der Waals surface area (Å²) in [6.45, 7) is 5.30. The van der Waals surface area contributed by atoms with Gasteiger partial charge >= 0.3 is 0 Å². The van der Waals surface area contributed by atoms with E-state index in [0.717, 1.165) is 50.5 Å². The lowest BCUT2D eigenvalue weighted by molar-refractivity contribution is 0.0500. The third kappa shape index (κ3) is 4.68. The van der Waals surface area contributed by atoms with Crippen LogP contribution in [0.25, 0.3) is 11.3 Å². The minimum absolute atomic E-state index is 0.247. The van der Waals surface area contributed by atoms with Crippen LogP contribution >= 0.6 is 11.3 Å². The van der Waals surface area contributed by atoms with Crippen molar-refractivity contribution >= 4 is 11.3 Å². The minimum atomic E-state index is 0.247. The van der Waals surface area contributed by atoms with Crippen molar-refractivity contribution in [3.05, 3.63) is 70.6 Å². The Morgan fingerprint density at radius 2 is 1.93 bits per heavy atom. The number of aliphatic hydroxyl groups is 1. The standard InChI is InChI=1S/C22H26N2O2S/c25-11-7-21-16-23(9-10-24(21)15-19-8-13-27-17-19)14-18-3-5-20(6-4-18)22-2-1-12-26-22/h1-6,8,12-13,17,21,25H,7,9-11,14-16H2/t21-/m1/s1. The molecular formula is C22H26N2O2S. The smallest absolute Gasteiger partial charge is 0.133 e. The first-order valence-corrected chi connectivity index (χ1v) is 10.5. The van der Waals surface area contributed by atoms with E-state index in [4.69, 9.17) is 4.42 Å². The Morgan fingerprint density at radius 3 is 2.63 bits per heavy atom. The second-order valence-corrected chi connectivity index (χ2v) is 7.96. The Morgan fingerprint density at radius 1 is 1.04 bits per heavy atom. The van der Waals surface area contributed by atoms with Gasteiger partial charge in [-0.15, -0.1) is 0 Å². The van der Waals surface area contributed by atoms with Gasteiger partial charge < -0.3 is 9.52 Å². The maximum Gasteiger partial charge on any atom is 0.133 e. The number of nitrogens with zero attached hydrogens (tertiary/aromatic N) is 2. The highest BCUT2D eigenvalue weighted by Crippen LogP contribution is 2.22. The molecule has 1 aliphatic rings. The van der Waals surface area contributed by atoms with Gasteiger partial charge in [-0.05, 0) is 46.5 Å². The van der Waals surface area contributed by atoms with Gasteiger partial charge in [0.05, 0.1) is 6.26 Å². The van der Waals surface area contributed by atoms with E-state index in [1.807, 2.05) is 12.1 Å². The zero-order valence-electron chi connectivity index (χ0n) is 15.5. The molecule has 1 N–H and O–H groups in total. The van der Waals surface area contributed by atoms with E-state index in [2.05, 4.69) is 50.9 Å². The number of hydrogen-bond donors (Lipinski definition) is 1. The molecule has 0 bridgehead atoms. The molecule has 0 amide bonds. The van der Waals surface area contributed by atoms with Crippen molar-refractivity contribution in [2.24, 2.45) is 0 Å². The molecule has 0 saturated carbocycles. The van der Waals surface area contributed by atoms with E-state index < -0.39 is 0 Å². The summed E-state index contributed by atoms with van der Waals surface area (Å²) in [4.78, 5) is 5.03. The van der Waals surface area contributed by atoms with Crippen molar-refractivity contribution < 1.29 is 9.52 Å². The van der Waals surface area contributed by atoms with Crippen LogP contribution in [0.2, 0.25) is 0 Å². The van der Waals surface area contributed by atoms with Crippen molar-refractivity contribution in [3.63, 3.8) is 0 Å². The number of piperazine rings is 1. The van der Waals surface area contributed by atoms with E-state index in [0.29, 0.717) is 6.04 Å². The van der Waals surface area contributed by atoms with Crippen molar-refractivity contribution in [3.8, 4) is 11.3 Å². The molecule has 5 heteroatoms. The summed E-state index contributed by atoms with van der Waals surface area (Å²) in [6, 6.07) is 15.2. The Bertz CT molecular complexity index is 799. The fourth-order valence-corrected chi connectivity index (χ4v) is 4.48.